The molecule has 6 nitrogen and oxygen atoms in total. The van der Waals surface area contributed by atoms with Crippen LogP contribution < -0.4 is 11.2 Å². The number of aromatic nitrogens is 2. The van der Waals surface area contributed by atoms with Crippen LogP contribution in [0.3, 0.4) is 0 Å². The zero-order valence-corrected chi connectivity index (χ0v) is 13.1. The van der Waals surface area contributed by atoms with Crippen LogP contribution >= 0.6 is 11.9 Å². The molecule has 21 heavy (non-hydrogen) atoms. The first kappa shape index (κ1) is 15.8. The molecule has 3 N–H and O–H groups in total. The molecule has 1 aliphatic carbocycles. The highest BCUT2D eigenvalue weighted by Gasteiger charge is 2.45. The molecule has 1 heterocycles. The van der Waals surface area contributed by atoms with Crippen molar-refractivity contribution in [3.05, 3.63) is 39.0 Å². The lowest BCUT2D eigenvalue weighted by Gasteiger charge is -2.21. The van der Waals surface area contributed by atoms with Gasteiger partial charge >= 0.3 is 5.69 Å². The standard InChI is InChI=1S/C12H13N3O3S.C2H6/c1-15(12(18)4-5-12)19-7-2-3-9-8(6-7)10(16)14-11(17)13-9;1-2/h2-3,6,18H,4-5H2,1H3,(H2,13,14,16,17);1-2H3. The van der Waals surface area contributed by atoms with Crippen molar-refractivity contribution in [3.8, 4) is 0 Å². The zero-order chi connectivity index (χ0) is 15.6. The number of nitrogens with zero attached hydrogens (tertiary/aromatic N) is 1. The monoisotopic (exact) mass is 309 g/mol. The van der Waals surface area contributed by atoms with E-state index in [9.17, 15) is 14.7 Å². The Balaban J connectivity index is 0.000000774. The van der Waals surface area contributed by atoms with Crippen molar-refractivity contribution >= 4 is 22.9 Å². The molecule has 0 unspecified atom stereocenters. The number of hydrogen-bond donors (Lipinski definition) is 3. The van der Waals surface area contributed by atoms with Crippen LogP contribution in [0.1, 0.15) is 26.7 Å². The van der Waals surface area contributed by atoms with Crippen molar-refractivity contribution in [1.82, 2.24) is 14.3 Å². The molecule has 1 fully saturated rings. The fourth-order valence-corrected chi connectivity index (χ4v) is 2.84. The van der Waals surface area contributed by atoms with Gasteiger partial charge in [-0.25, -0.2) is 9.10 Å². The van der Waals surface area contributed by atoms with Gasteiger partial charge in [0.25, 0.3) is 5.56 Å². The number of nitrogens with one attached hydrogen (secondary N) is 2. The van der Waals surface area contributed by atoms with E-state index in [0.717, 1.165) is 17.7 Å². The van der Waals surface area contributed by atoms with Crippen molar-refractivity contribution in [2.75, 3.05) is 7.05 Å². The van der Waals surface area contributed by atoms with Crippen LogP contribution in [0.5, 0.6) is 0 Å². The molecular formula is C14H19N3O3S. The number of hydrogen-bond acceptors (Lipinski definition) is 5. The average molecular weight is 309 g/mol. The molecule has 1 aromatic carbocycles. The summed E-state index contributed by atoms with van der Waals surface area (Å²) in [6, 6.07) is 5.21. The number of H-pyrrole nitrogens is 2. The summed E-state index contributed by atoms with van der Waals surface area (Å²) in [5, 5.41) is 10.4. The number of rotatable bonds is 3. The highest BCUT2D eigenvalue weighted by Crippen LogP contribution is 2.43. The van der Waals surface area contributed by atoms with E-state index in [-0.39, 0.29) is 0 Å². The van der Waals surface area contributed by atoms with Crippen molar-refractivity contribution in [1.29, 1.82) is 0 Å². The second kappa shape index (κ2) is 6.05. The van der Waals surface area contributed by atoms with E-state index in [0.29, 0.717) is 10.9 Å². The smallest absolute Gasteiger partial charge is 0.326 e. The van der Waals surface area contributed by atoms with E-state index in [1.54, 1.807) is 16.4 Å². The maximum absolute atomic E-state index is 11.7. The Hall–Kier alpha value is -1.57. The summed E-state index contributed by atoms with van der Waals surface area (Å²) in [6.45, 7) is 4.00. The topological polar surface area (TPSA) is 89.2 Å². The summed E-state index contributed by atoms with van der Waals surface area (Å²) in [6.07, 6.45) is 1.52. The van der Waals surface area contributed by atoms with E-state index < -0.39 is 17.0 Å². The number of aliphatic hydroxyl groups is 1. The highest BCUT2D eigenvalue weighted by molar-refractivity contribution is 7.97. The molecule has 0 saturated heterocycles. The lowest BCUT2D eigenvalue weighted by molar-refractivity contribution is 0.0586. The summed E-state index contributed by atoms with van der Waals surface area (Å²) in [5.74, 6) is 0. The lowest BCUT2D eigenvalue weighted by atomic mass is 10.2. The van der Waals surface area contributed by atoms with E-state index in [1.807, 2.05) is 27.0 Å². The molecule has 0 bridgehead atoms. The van der Waals surface area contributed by atoms with E-state index in [1.165, 1.54) is 11.9 Å². The fourth-order valence-electron chi connectivity index (χ4n) is 1.87. The summed E-state index contributed by atoms with van der Waals surface area (Å²) >= 11 is 1.38. The predicted molar refractivity (Wildman–Crippen MR) is 84.3 cm³/mol. The molecule has 3 rings (SSSR count). The van der Waals surface area contributed by atoms with Crippen LogP contribution in [0.15, 0.2) is 32.7 Å². The third-order valence-corrected chi connectivity index (χ3v) is 4.32. The van der Waals surface area contributed by atoms with E-state index >= 15 is 0 Å². The van der Waals surface area contributed by atoms with E-state index in [4.69, 9.17) is 0 Å². The van der Waals surface area contributed by atoms with Crippen molar-refractivity contribution in [2.45, 2.75) is 37.3 Å². The summed E-state index contributed by atoms with van der Waals surface area (Å²) in [4.78, 5) is 28.5. The number of aromatic amines is 2. The van der Waals surface area contributed by atoms with Crippen LogP contribution in [0.25, 0.3) is 10.9 Å². The first-order valence-electron chi connectivity index (χ1n) is 6.88. The highest BCUT2D eigenvalue weighted by atomic mass is 32.2. The quantitative estimate of drug-likeness (QED) is 0.593. The van der Waals surface area contributed by atoms with Crippen molar-refractivity contribution in [2.24, 2.45) is 0 Å². The number of fused-ring (bicyclic) bond motifs is 1. The largest absolute Gasteiger partial charge is 0.375 e. The average Bonchev–Trinajstić information content (AvgIpc) is 3.21. The van der Waals surface area contributed by atoms with Crippen molar-refractivity contribution < 1.29 is 5.11 Å². The van der Waals surface area contributed by atoms with Crippen LogP contribution in [0.2, 0.25) is 0 Å². The first-order valence-corrected chi connectivity index (χ1v) is 7.66. The minimum atomic E-state index is -0.725. The molecule has 1 aliphatic rings. The van der Waals surface area contributed by atoms with Gasteiger partial charge < -0.3 is 10.1 Å². The van der Waals surface area contributed by atoms with Crippen LogP contribution in [0.4, 0.5) is 0 Å². The predicted octanol–water partition coefficient (Wildman–Crippen LogP) is 1.66. The maximum Gasteiger partial charge on any atom is 0.326 e. The van der Waals surface area contributed by atoms with Crippen LogP contribution in [-0.4, -0.2) is 32.2 Å². The van der Waals surface area contributed by atoms with Gasteiger partial charge in [-0.2, -0.15) is 0 Å². The van der Waals surface area contributed by atoms with Crippen LogP contribution in [-0.2, 0) is 0 Å². The maximum atomic E-state index is 11.7. The Morgan fingerprint density at radius 2 is 1.90 bits per heavy atom. The van der Waals surface area contributed by atoms with Gasteiger partial charge in [0.15, 0.2) is 0 Å². The molecular weight excluding hydrogens is 290 g/mol. The summed E-state index contributed by atoms with van der Waals surface area (Å²) in [7, 11) is 1.82. The minimum absolute atomic E-state index is 0.408. The Bertz CT molecular complexity index is 749. The minimum Gasteiger partial charge on any atom is -0.375 e. The Labute approximate surface area is 126 Å². The van der Waals surface area contributed by atoms with Gasteiger partial charge in [-0.15, -0.1) is 0 Å². The van der Waals surface area contributed by atoms with Gasteiger partial charge in [0.2, 0.25) is 0 Å². The fraction of sp³-hybridized carbons (Fsp3) is 0.429. The molecule has 1 aromatic heterocycles. The van der Waals surface area contributed by atoms with Gasteiger partial charge in [-0.05, 0) is 43.0 Å². The molecule has 7 heteroatoms. The molecule has 0 aliphatic heterocycles. The summed E-state index contributed by atoms with van der Waals surface area (Å²) in [5.41, 5.74) is -1.14. The van der Waals surface area contributed by atoms with Crippen LogP contribution in [0, 0.1) is 0 Å². The molecule has 2 aromatic rings. The van der Waals surface area contributed by atoms with Gasteiger partial charge in [0.1, 0.15) is 5.72 Å². The third-order valence-electron chi connectivity index (χ3n) is 3.24. The lowest BCUT2D eigenvalue weighted by Crippen LogP contribution is -2.27. The number of benzene rings is 1. The van der Waals surface area contributed by atoms with Gasteiger partial charge in [-0.3, -0.25) is 9.78 Å². The Morgan fingerprint density at radius 1 is 1.24 bits per heavy atom. The molecule has 114 valence electrons. The zero-order valence-electron chi connectivity index (χ0n) is 12.3. The first-order chi connectivity index (χ1) is 9.98. The molecule has 0 radical (unpaired) electrons. The van der Waals surface area contributed by atoms with Gasteiger partial charge in [0.05, 0.1) is 10.9 Å². The Kier molecular flexibility index (Phi) is 4.55. The third kappa shape index (κ3) is 3.37. The Morgan fingerprint density at radius 3 is 2.52 bits per heavy atom. The molecule has 0 spiro atoms. The molecule has 0 amide bonds. The van der Waals surface area contributed by atoms with Gasteiger partial charge in [-0.1, -0.05) is 13.8 Å². The summed E-state index contributed by atoms with van der Waals surface area (Å²) < 4.78 is 1.79. The second-order valence-electron chi connectivity index (χ2n) is 4.69. The van der Waals surface area contributed by atoms with Crippen molar-refractivity contribution in [3.63, 3.8) is 0 Å². The molecule has 0 atom stereocenters. The SMILES string of the molecule is CC.CN(Sc1ccc2[nH]c(=O)[nH]c(=O)c2c1)C1(O)CC1. The molecule has 1 saturated carbocycles. The normalized spacial score (nSPS) is 15.7. The second-order valence-corrected chi connectivity index (χ2v) is 5.89. The van der Waals surface area contributed by atoms with Gasteiger partial charge in [0, 0.05) is 11.9 Å². The van der Waals surface area contributed by atoms with E-state index in [2.05, 4.69) is 9.97 Å².